The quantitative estimate of drug-likeness (QED) is 0.648. The molecule has 2 fully saturated rings. The fraction of sp³-hybridized carbons (Fsp3) is 0.476. The van der Waals surface area contributed by atoms with E-state index < -0.39 is 10.0 Å². The zero-order valence-corrected chi connectivity index (χ0v) is 17.8. The number of sulfonamides is 1. The van der Waals surface area contributed by atoms with Crippen molar-refractivity contribution in [3.8, 4) is 0 Å². The molecule has 4 N–H and O–H groups in total. The second-order valence-corrected chi connectivity index (χ2v) is 9.93. The Kier molecular flexibility index (Phi) is 5.50. The lowest BCUT2D eigenvalue weighted by Crippen LogP contribution is -2.48. The monoisotopic (exact) mass is 429 g/mol. The highest BCUT2D eigenvalue weighted by atomic mass is 32.2. The average Bonchev–Trinajstić information content (AvgIpc) is 3.27. The highest BCUT2D eigenvalue weighted by molar-refractivity contribution is 7.89. The van der Waals surface area contributed by atoms with Crippen molar-refractivity contribution in [2.75, 3.05) is 5.32 Å². The molecule has 1 heterocycles. The molecule has 1 amide bonds. The lowest BCUT2D eigenvalue weighted by atomic mass is 9.90. The van der Waals surface area contributed by atoms with E-state index in [1.54, 1.807) is 18.3 Å². The van der Waals surface area contributed by atoms with E-state index in [1.807, 2.05) is 6.92 Å². The molecule has 2 aliphatic carbocycles. The van der Waals surface area contributed by atoms with Gasteiger partial charge in [0, 0.05) is 5.54 Å². The molecule has 0 spiro atoms. The minimum atomic E-state index is -3.78. The maximum absolute atomic E-state index is 12.9. The topological polar surface area (TPSA) is 127 Å². The smallest absolute Gasteiger partial charge is 0.272 e. The Hall–Kier alpha value is -2.52. The molecule has 4 rings (SSSR count). The molecule has 2 aromatic rings. The van der Waals surface area contributed by atoms with Gasteiger partial charge in [0.1, 0.15) is 11.5 Å². The number of carbonyl (C=O) groups is 1. The van der Waals surface area contributed by atoms with E-state index in [0.29, 0.717) is 11.7 Å². The highest BCUT2D eigenvalue weighted by Gasteiger charge is 2.47. The van der Waals surface area contributed by atoms with Gasteiger partial charge in [-0.25, -0.2) is 18.5 Å². The Morgan fingerprint density at radius 1 is 1.23 bits per heavy atom. The summed E-state index contributed by atoms with van der Waals surface area (Å²) < 4.78 is 23.2. The fourth-order valence-corrected chi connectivity index (χ4v) is 5.45. The van der Waals surface area contributed by atoms with Crippen LogP contribution in [0.2, 0.25) is 0 Å². The van der Waals surface area contributed by atoms with Crippen molar-refractivity contribution in [2.24, 2.45) is 11.1 Å². The van der Waals surface area contributed by atoms with Gasteiger partial charge in [-0.05, 0) is 56.2 Å². The number of anilines is 1. The van der Waals surface area contributed by atoms with Gasteiger partial charge in [0.15, 0.2) is 0 Å². The van der Waals surface area contributed by atoms with Crippen molar-refractivity contribution < 1.29 is 13.2 Å². The van der Waals surface area contributed by atoms with Gasteiger partial charge in [0.25, 0.3) is 5.91 Å². The van der Waals surface area contributed by atoms with Crippen LogP contribution in [0.5, 0.6) is 0 Å². The Morgan fingerprint density at radius 3 is 2.67 bits per heavy atom. The average molecular weight is 430 g/mol. The summed E-state index contributed by atoms with van der Waals surface area (Å²) in [5.74, 6) is 0.828. The minimum Gasteiger partial charge on any atom is -0.362 e. The van der Waals surface area contributed by atoms with Crippen LogP contribution in [0.25, 0.3) is 0 Å². The molecular formula is C21H27N5O3S. The molecule has 30 heavy (non-hydrogen) atoms. The number of hydrogen-bond acceptors (Lipinski definition) is 6. The van der Waals surface area contributed by atoms with Crippen molar-refractivity contribution in [1.82, 2.24) is 15.3 Å². The first-order valence-electron chi connectivity index (χ1n) is 10.3. The summed E-state index contributed by atoms with van der Waals surface area (Å²) >= 11 is 0. The van der Waals surface area contributed by atoms with Crippen LogP contribution in [-0.2, 0) is 10.0 Å². The number of carbonyl (C=O) groups excluding carboxylic acids is 1. The van der Waals surface area contributed by atoms with Crippen molar-refractivity contribution in [2.45, 2.75) is 61.9 Å². The second-order valence-electron chi connectivity index (χ2n) is 8.36. The fourth-order valence-electron chi connectivity index (χ4n) is 4.89. The van der Waals surface area contributed by atoms with Gasteiger partial charge in [-0.3, -0.25) is 9.78 Å². The largest absolute Gasteiger partial charge is 0.362 e. The summed E-state index contributed by atoms with van der Waals surface area (Å²) in [5.41, 5.74) is 0.929. The van der Waals surface area contributed by atoms with E-state index in [1.165, 1.54) is 31.2 Å². The van der Waals surface area contributed by atoms with Crippen molar-refractivity contribution in [3.05, 3.63) is 47.9 Å². The number of aromatic nitrogens is 2. The molecule has 8 nitrogen and oxygen atoms in total. The molecule has 0 bridgehead atoms. The van der Waals surface area contributed by atoms with Gasteiger partial charge < -0.3 is 10.6 Å². The Bertz CT molecular complexity index is 1050. The predicted molar refractivity (Wildman–Crippen MR) is 113 cm³/mol. The van der Waals surface area contributed by atoms with Crippen molar-refractivity contribution >= 4 is 21.7 Å². The first-order valence-corrected chi connectivity index (χ1v) is 11.9. The van der Waals surface area contributed by atoms with Crippen molar-refractivity contribution in [1.29, 1.82) is 0 Å². The molecule has 1 atom stereocenters. The molecule has 2 aliphatic rings. The van der Waals surface area contributed by atoms with Gasteiger partial charge in [0.2, 0.25) is 10.0 Å². The molecular weight excluding hydrogens is 402 g/mol. The summed E-state index contributed by atoms with van der Waals surface area (Å²) in [6.07, 6.45) is 9.77. The van der Waals surface area contributed by atoms with Crippen LogP contribution in [0.4, 0.5) is 5.82 Å². The third-order valence-electron chi connectivity index (χ3n) is 6.41. The maximum atomic E-state index is 12.9. The van der Waals surface area contributed by atoms with E-state index in [9.17, 15) is 13.2 Å². The van der Waals surface area contributed by atoms with Gasteiger partial charge in [-0.1, -0.05) is 25.0 Å². The Balaban J connectivity index is 1.48. The zero-order chi connectivity index (χ0) is 21.4. The standard InChI is InChI=1S/C21H27N5O3S/c1-14(15-5-2-8-17(11-15)30(22,28)29)24-19-13-23-12-18(25-19)20(27)26-21-9-3-6-16(21)7-4-10-21/h2,5,8,11-14,16H,3-4,6-7,9-10H2,1H3,(H,24,25)(H,26,27)(H2,22,28,29). The number of nitrogens with zero attached hydrogens (tertiary/aromatic N) is 2. The van der Waals surface area contributed by atoms with Crippen LogP contribution in [0.1, 0.15) is 67.5 Å². The molecule has 9 heteroatoms. The number of rotatable bonds is 6. The third-order valence-corrected chi connectivity index (χ3v) is 7.32. The molecule has 160 valence electrons. The van der Waals surface area contributed by atoms with Gasteiger partial charge >= 0.3 is 0 Å². The maximum Gasteiger partial charge on any atom is 0.272 e. The van der Waals surface area contributed by atoms with Crippen LogP contribution >= 0.6 is 0 Å². The molecule has 0 aliphatic heterocycles. The lowest BCUT2D eigenvalue weighted by molar-refractivity contribution is 0.0879. The first-order chi connectivity index (χ1) is 14.3. The summed E-state index contributed by atoms with van der Waals surface area (Å²) in [5, 5.41) is 11.7. The summed E-state index contributed by atoms with van der Waals surface area (Å²) in [7, 11) is -3.78. The number of primary sulfonamides is 1. The van der Waals surface area contributed by atoms with Crippen LogP contribution in [0.3, 0.4) is 0 Å². The molecule has 0 saturated heterocycles. The number of fused-ring (bicyclic) bond motifs is 1. The SMILES string of the molecule is CC(Nc1cncc(C(=O)NC23CCCC2CCC3)n1)c1cccc(S(N)(=O)=O)c1. The number of nitrogens with one attached hydrogen (secondary N) is 2. The van der Waals surface area contributed by atoms with E-state index in [-0.39, 0.29) is 28.1 Å². The van der Waals surface area contributed by atoms with Crippen LogP contribution in [0.15, 0.2) is 41.6 Å². The Labute approximate surface area is 176 Å². The van der Waals surface area contributed by atoms with E-state index in [2.05, 4.69) is 20.6 Å². The highest BCUT2D eigenvalue weighted by Crippen LogP contribution is 2.47. The molecule has 1 unspecified atom stereocenters. The summed E-state index contributed by atoms with van der Waals surface area (Å²) in [6, 6.07) is 6.16. The van der Waals surface area contributed by atoms with Gasteiger partial charge in [0.05, 0.1) is 23.3 Å². The Morgan fingerprint density at radius 2 is 1.97 bits per heavy atom. The number of hydrogen-bond donors (Lipinski definition) is 3. The molecule has 1 aromatic heterocycles. The number of amides is 1. The minimum absolute atomic E-state index is 0.0507. The second kappa shape index (κ2) is 7.96. The number of nitrogens with two attached hydrogens (primary N) is 1. The molecule has 2 saturated carbocycles. The number of benzene rings is 1. The summed E-state index contributed by atoms with van der Waals surface area (Å²) in [6.45, 7) is 1.87. The molecule has 1 aromatic carbocycles. The predicted octanol–water partition coefficient (Wildman–Crippen LogP) is 2.75. The van der Waals surface area contributed by atoms with E-state index >= 15 is 0 Å². The van der Waals surface area contributed by atoms with Crippen LogP contribution in [-0.4, -0.2) is 29.8 Å². The van der Waals surface area contributed by atoms with Gasteiger partial charge in [-0.15, -0.1) is 0 Å². The zero-order valence-electron chi connectivity index (χ0n) is 17.0. The first kappa shape index (κ1) is 20.7. The summed E-state index contributed by atoms with van der Waals surface area (Å²) in [4.78, 5) is 21.5. The van der Waals surface area contributed by atoms with Crippen LogP contribution < -0.4 is 15.8 Å². The van der Waals surface area contributed by atoms with Crippen LogP contribution in [0, 0.1) is 5.92 Å². The lowest BCUT2D eigenvalue weighted by Gasteiger charge is -2.30. The third kappa shape index (κ3) is 4.17. The molecule has 0 radical (unpaired) electrons. The normalized spacial score (nSPS) is 24.3. The van der Waals surface area contributed by atoms with Gasteiger partial charge in [-0.2, -0.15) is 0 Å². The van der Waals surface area contributed by atoms with Crippen molar-refractivity contribution in [3.63, 3.8) is 0 Å². The van der Waals surface area contributed by atoms with E-state index in [0.717, 1.165) is 31.2 Å². The van der Waals surface area contributed by atoms with E-state index in [4.69, 9.17) is 5.14 Å².